The topological polar surface area (TPSA) is 263 Å². The first-order chi connectivity index (χ1) is 42.2. The largest absolute Gasteiger partial charge is 0.493 e. The molecule has 1 unspecified atom stereocenters. The van der Waals surface area contributed by atoms with Crippen LogP contribution in [0.1, 0.15) is 63.9 Å². The van der Waals surface area contributed by atoms with Crippen molar-refractivity contribution in [3.63, 3.8) is 0 Å². The van der Waals surface area contributed by atoms with Crippen LogP contribution in [0, 0.1) is 22.0 Å². The molecule has 7 heterocycles. The van der Waals surface area contributed by atoms with Gasteiger partial charge in [0.1, 0.15) is 34.6 Å². The third-order valence-electron chi connectivity index (χ3n) is 16.9. The summed E-state index contributed by atoms with van der Waals surface area (Å²) >= 11 is 6.37. The van der Waals surface area contributed by atoms with E-state index in [2.05, 4.69) is 51.4 Å². The number of aromatic amines is 1. The minimum Gasteiger partial charge on any atom is -0.493 e. The minimum atomic E-state index is -4.62. The van der Waals surface area contributed by atoms with Crippen LogP contribution in [0.2, 0.25) is 5.02 Å². The molecule has 5 aliphatic rings. The van der Waals surface area contributed by atoms with E-state index in [1.54, 1.807) is 35.4 Å². The molecule has 7 aromatic rings. The van der Waals surface area contributed by atoms with Gasteiger partial charge in [-0.1, -0.05) is 41.9 Å². The van der Waals surface area contributed by atoms with Gasteiger partial charge in [-0.2, -0.15) is 0 Å². The zero-order chi connectivity index (χ0) is 60.2. The van der Waals surface area contributed by atoms with E-state index in [0.29, 0.717) is 107 Å². The number of piperazine rings is 1. The summed E-state index contributed by atoms with van der Waals surface area (Å²) in [6.45, 7) is 9.12. The Bertz CT molecular complexity index is 3870. The Hall–Kier alpha value is -8.61. The van der Waals surface area contributed by atoms with Crippen molar-refractivity contribution < 1.29 is 46.7 Å². The summed E-state index contributed by atoms with van der Waals surface area (Å²) in [7, 11) is -4.62. The number of H-pyrrole nitrogens is 1. The van der Waals surface area contributed by atoms with Crippen LogP contribution in [-0.2, 0) is 37.4 Å². The Morgan fingerprint density at radius 2 is 1.63 bits per heavy atom. The van der Waals surface area contributed by atoms with Gasteiger partial charge in [0, 0.05) is 148 Å². The summed E-state index contributed by atoms with van der Waals surface area (Å²) in [5.41, 5.74) is 6.49. The number of anilines is 3. The van der Waals surface area contributed by atoms with Crippen molar-refractivity contribution in [3.8, 4) is 28.4 Å². The zero-order valence-corrected chi connectivity index (χ0v) is 49.2. The lowest BCUT2D eigenvalue weighted by atomic mass is 9.97. The van der Waals surface area contributed by atoms with Gasteiger partial charge in [0.2, 0.25) is 11.8 Å². The van der Waals surface area contributed by atoms with Crippen molar-refractivity contribution in [3.05, 3.63) is 159 Å². The number of nitro benzene ring substituents is 1. The van der Waals surface area contributed by atoms with Gasteiger partial charge in [-0.3, -0.25) is 39.5 Å². The highest BCUT2D eigenvalue weighted by Crippen LogP contribution is 2.38. The molecule has 452 valence electrons. The lowest BCUT2D eigenvalue weighted by Gasteiger charge is -2.39. The maximum Gasteiger partial charge on any atom is 0.293 e. The number of imide groups is 1. The van der Waals surface area contributed by atoms with Crippen LogP contribution in [-0.4, -0.2) is 146 Å². The van der Waals surface area contributed by atoms with Crippen LogP contribution in [0.4, 0.5) is 22.7 Å². The Kier molecular flexibility index (Phi) is 17.4. The molecule has 4 fully saturated rings. The monoisotopic (exact) mass is 1220 g/mol. The molecule has 87 heavy (non-hydrogen) atoms. The fourth-order valence-electron chi connectivity index (χ4n) is 12.1. The summed E-state index contributed by atoms with van der Waals surface area (Å²) in [5, 5.41) is 22.6. The molecule has 0 aliphatic carbocycles. The summed E-state index contributed by atoms with van der Waals surface area (Å²) in [6.07, 6.45) is 6.27. The van der Waals surface area contributed by atoms with Crippen molar-refractivity contribution in [2.45, 2.75) is 56.1 Å². The van der Waals surface area contributed by atoms with Gasteiger partial charge in [-0.05, 0) is 116 Å². The number of pyridine rings is 1. The van der Waals surface area contributed by atoms with Gasteiger partial charge in [0.25, 0.3) is 27.5 Å². The average Bonchev–Trinajstić information content (AvgIpc) is 2.04. The number of nitro groups is 1. The number of likely N-dealkylation sites (tertiary alicyclic amines) is 1. The van der Waals surface area contributed by atoms with Gasteiger partial charge in [-0.25, -0.2) is 18.1 Å². The number of aromatic nitrogens is 2. The Morgan fingerprint density at radius 1 is 0.839 bits per heavy atom. The molecule has 0 bridgehead atoms. The molecule has 0 spiro atoms. The second kappa shape index (κ2) is 25.8. The molecule has 22 nitrogen and oxygen atoms in total. The smallest absolute Gasteiger partial charge is 0.293 e. The maximum atomic E-state index is 14.1. The van der Waals surface area contributed by atoms with E-state index >= 15 is 0 Å². The molecule has 12 rings (SSSR count). The number of hydrogen-bond acceptors (Lipinski definition) is 17. The number of hydrogen-bond donors (Lipinski definition) is 5. The average molecular weight is 1220 g/mol. The van der Waals surface area contributed by atoms with E-state index in [4.69, 9.17) is 25.8 Å². The molecule has 5 aliphatic heterocycles. The minimum absolute atomic E-state index is 0.0801. The number of benzene rings is 5. The van der Waals surface area contributed by atoms with Gasteiger partial charge in [0.05, 0.1) is 28.2 Å². The van der Waals surface area contributed by atoms with E-state index in [9.17, 15) is 37.7 Å². The first-order valence-electron chi connectivity index (χ1n) is 29.3. The first kappa shape index (κ1) is 58.8. The van der Waals surface area contributed by atoms with Crippen molar-refractivity contribution in [1.82, 2.24) is 34.7 Å². The normalized spacial score (nSPS) is 17.9. The predicted octanol–water partition coefficient (Wildman–Crippen LogP) is 8.44. The number of piperidine rings is 1. The van der Waals surface area contributed by atoms with Crippen molar-refractivity contribution in [2.75, 3.05) is 94.3 Å². The highest BCUT2D eigenvalue weighted by Gasteiger charge is 2.40. The second-order valence-corrected chi connectivity index (χ2v) is 24.8. The lowest BCUT2D eigenvalue weighted by Crippen LogP contribution is -2.52. The molecule has 5 aromatic carbocycles. The summed E-state index contributed by atoms with van der Waals surface area (Å²) in [4.78, 5) is 79.0. The van der Waals surface area contributed by atoms with Crippen molar-refractivity contribution >= 4 is 79.0 Å². The molecule has 0 saturated carbocycles. The number of fused-ring (bicyclic) bond motifs is 2. The number of nitrogens with one attached hydrogen (secondary N) is 5. The molecule has 24 heteroatoms. The number of carbonyl (C=O) groups is 4. The van der Waals surface area contributed by atoms with Gasteiger partial charge in [0.15, 0.2) is 0 Å². The van der Waals surface area contributed by atoms with Crippen LogP contribution in [0.3, 0.4) is 0 Å². The van der Waals surface area contributed by atoms with E-state index < -0.39 is 43.4 Å². The Balaban J connectivity index is 0.681. The van der Waals surface area contributed by atoms with Gasteiger partial charge in [-0.15, -0.1) is 0 Å². The van der Waals surface area contributed by atoms with Crippen LogP contribution in [0.25, 0.3) is 22.2 Å². The van der Waals surface area contributed by atoms with E-state index in [-0.39, 0.29) is 41.2 Å². The number of nitrogens with zero attached hydrogens (tertiary/aromatic N) is 6. The summed E-state index contributed by atoms with van der Waals surface area (Å²) in [6, 6.07) is 31.0. The molecule has 4 saturated heterocycles. The third kappa shape index (κ3) is 13.4. The standard InChI is InChI=1S/C63H66ClN11O11S/c64-44-10-8-42(9-11-44)48-4-2-7-57(85-39-41-35-72(36-41)23-3-21-65-53-6-1-5-49-51(53)38-74(63(49)79)55-16-17-59(76)69-62(55)78)52(48)37-71-24-26-73(27-25-71)45-12-14-50(58(31-45)86-46-30-43-18-22-66-60(43)68-34-46)61(77)70-87(82,83)47-13-15-54(56(32-47)75(80)81)67-33-40-19-28-84-29-20-40/h1-2,4-15,18,22,30-32,34,40-41,55,65,67H,3,16-17,19-21,23-29,33,35-39H2,(H,66,68)(H,70,77)(H,69,76,78). The second-order valence-electron chi connectivity index (χ2n) is 22.7. The molecular weight excluding hydrogens is 1150 g/mol. The Labute approximate surface area is 507 Å². The highest BCUT2D eigenvalue weighted by molar-refractivity contribution is 7.90. The van der Waals surface area contributed by atoms with E-state index in [1.807, 2.05) is 54.6 Å². The highest BCUT2D eigenvalue weighted by atomic mass is 35.5. The molecule has 5 N–H and O–H groups in total. The van der Waals surface area contributed by atoms with Crippen LogP contribution in [0.5, 0.6) is 17.2 Å². The number of halogens is 1. The summed E-state index contributed by atoms with van der Waals surface area (Å²) in [5.74, 6) is -0.122. The van der Waals surface area contributed by atoms with Gasteiger partial charge >= 0.3 is 0 Å². The molecular formula is C63H66ClN11O11S. The van der Waals surface area contributed by atoms with Crippen molar-refractivity contribution in [1.29, 1.82) is 0 Å². The lowest BCUT2D eigenvalue weighted by molar-refractivity contribution is -0.384. The van der Waals surface area contributed by atoms with Gasteiger partial charge < -0.3 is 44.5 Å². The number of rotatable bonds is 22. The first-order valence-corrected chi connectivity index (χ1v) is 31.2. The fraction of sp³-hybridized carbons (Fsp3) is 0.349. The van der Waals surface area contributed by atoms with E-state index in [1.165, 1.54) is 24.4 Å². The number of sulfonamides is 1. The third-order valence-corrected chi connectivity index (χ3v) is 18.5. The Morgan fingerprint density at radius 3 is 2.43 bits per heavy atom. The molecule has 1 atom stereocenters. The number of carbonyl (C=O) groups excluding carboxylic acids is 4. The van der Waals surface area contributed by atoms with Crippen LogP contribution >= 0.6 is 11.6 Å². The maximum absolute atomic E-state index is 14.1. The summed E-state index contributed by atoms with van der Waals surface area (Å²) < 4.78 is 48.4. The molecule has 0 radical (unpaired) electrons. The number of amides is 4. The fourth-order valence-corrected chi connectivity index (χ4v) is 13.2. The predicted molar refractivity (Wildman–Crippen MR) is 328 cm³/mol. The van der Waals surface area contributed by atoms with Crippen molar-refractivity contribution in [2.24, 2.45) is 11.8 Å². The quantitative estimate of drug-likeness (QED) is 0.0184. The SMILES string of the molecule is O=C1CCC(N2Cc3c(NCCCN4CC(COc5cccc(-c6ccc(Cl)cc6)c5CN5CCN(c6ccc(C(=O)NS(=O)(=O)c7ccc(NCC8CCOCC8)c([N+](=O)[O-])c7)c(Oc7cnc8[nH]ccc8c7)c6)CC5)C4)cccc3C2=O)C(=O)N1. The molecule has 2 aromatic heterocycles. The number of ether oxygens (including phenoxy) is 3. The van der Waals surface area contributed by atoms with Crippen LogP contribution < -0.4 is 35.0 Å². The van der Waals surface area contributed by atoms with E-state index in [0.717, 1.165) is 89.7 Å². The zero-order valence-electron chi connectivity index (χ0n) is 47.7. The van der Waals surface area contributed by atoms with Crippen LogP contribution in [0.15, 0.2) is 126 Å². The molecule has 4 amide bonds.